The van der Waals surface area contributed by atoms with Crippen molar-refractivity contribution in [2.45, 2.75) is 59.2 Å². The van der Waals surface area contributed by atoms with Gasteiger partial charge in [-0.2, -0.15) is 12.7 Å². The van der Waals surface area contributed by atoms with Crippen molar-refractivity contribution < 1.29 is 31.8 Å². The van der Waals surface area contributed by atoms with Crippen molar-refractivity contribution >= 4 is 44.6 Å². The van der Waals surface area contributed by atoms with Crippen LogP contribution in [0.2, 0.25) is 0 Å². The molecular formula is C36H36ClN5O8S. The van der Waals surface area contributed by atoms with E-state index in [-0.39, 0.29) is 55.0 Å². The van der Waals surface area contributed by atoms with Crippen molar-refractivity contribution in [2.75, 3.05) is 12.5 Å². The maximum Gasteiger partial charge on any atom is 0.385 e. The summed E-state index contributed by atoms with van der Waals surface area (Å²) in [6, 6.07) is 20.3. The molecule has 2 heterocycles. The molecule has 1 unspecified atom stereocenters. The van der Waals surface area contributed by atoms with E-state index >= 15 is 0 Å². The van der Waals surface area contributed by atoms with Crippen molar-refractivity contribution in [1.29, 1.82) is 0 Å². The van der Waals surface area contributed by atoms with E-state index in [4.69, 9.17) is 25.3 Å². The molecule has 15 heteroatoms. The number of carbonyl (C=O) groups is 1. The first-order valence-electron chi connectivity index (χ1n) is 16.4. The summed E-state index contributed by atoms with van der Waals surface area (Å²) in [7, 11) is -4.19. The van der Waals surface area contributed by atoms with Gasteiger partial charge >= 0.3 is 22.0 Å². The monoisotopic (exact) mass is 733 g/mol. The standard InChI is InChI=1S/C36H36ClN5O8S/c1-4-48-35(43)20-30(29-13-14-32-36(24(29)3)38-39-41(32)17-7-16-37)25-11-10-23(2)26(18-25)21-40-22-27-19-28(12-15-33(27)50-51(40,46)47)49-34-9-6-5-8-31(34)42(44)45/h5-6,8-15,18-19,30H,4,7,16-17,20-22H2,1-3H3. The van der Waals surface area contributed by atoms with Crippen molar-refractivity contribution in [2.24, 2.45) is 0 Å². The minimum absolute atomic E-state index is 0.0181. The summed E-state index contributed by atoms with van der Waals surface area (Å²) in [6.45, 7) is 6.42. The van der Waals surface area contributed by atoms with Crippen molar-refractivity contribution in [1.82, 2.24) is 19.3 Å². The molecule has 13 nitrogen and oxygen atoms in total. The molecule has 0 saturated carbocycles. The number of fused-ring (bicyclic) bond motifs is 2. The first-order chi connectivity index (χ1) is 24.5. The van der Waals surface area contributed by atoms with Crippen molar-refractivity contribution in [3.63, 3.8) is 0 Å². The number of para-hydroxylation sites is 2. The van der Waals surface area contributed by atoms with E-state index < -0.39 is 21.1 Å². The van der Waals surface area contributed by atoms with Gasteiger partial charge in [0, 0.05) is 43.1 Å². The topological polar surface area (TPSA) is 156 Å². The second kappa shape index (κ2) is 15.1. The van der Waals surface area contributed by atoms with Gasteiger partial charge in [-0.05, 0) is 85.3 Å². The summed E-state index contributed by atoms with van der Waals surface area (Å²) in [5, 5.41) is 20.2. The minimum atomic E-state index is -4.19. The highest BCUT2D eigenvalue weighted by Gasteiger charge is 2.33. The van der Waals surface area contributed by atoms with Crippen LogP contribution >= 0.6 is 11.6 Å². The summed E-state index contributed by atoms with van der Waals surface area (Å²) >= 11 is 5.91. The Hall–Kier alpha value is -5.05. The Morgan fingerprint density at radius 1 is 1.10 bits per heavy atom. The van der Waals surface area contributed by atoms with Crippen molar-refractivity contribution in [3.8, 4) is 17.2 Å². The molecule has 0 bridgehead atoms. The zero-order valence-corrected chi connectivity index (χ0v) is 29.8. The molecule has 0 aliphatic carbocycles. The van der Waals surface area contributed by atoms with Gasteiger partial charge in [0.1, 0.15) is 17.0 Å². The molecule has 0 radical (unpaired) electrons. The maximum absolute atomic E-state index is 13.4. The fourth-order valence-corrected chi connectivity index (χ4v) is 7.42. The average molecular weight is 734 g/mol. The summed E-state index contributed by atoms with van der Waals surface area (Å²) in [6.07, 6.45) is 0.805. The summed E-state index contributed by atoms with van der Waals surface area (Å²) < 4.78 is 46.4. The SMILES string of the molecule is CCOC(=O)CC(c1ccc(C)c(CN2Cc3cc(Oc4ccccc4[N+](=O)[O-])ccc3OS2(=O)=O)c1)c1ccc2c(nnn2CCCCl)c1C. The molecule has 0 spiro atoms. The molecule has 266 valence electrons. The van der Waals surface area contributed by atoms with Gasteiger partial charge in [0.15, 0.2) is 0 Å². The third-order valence-electron chi connectivity index (χ3n) is 8.84. The highest BCUT2D eigenvalue weighted by Crippen LogP contribution is 2.38. The van der Waals surface area contributed by atoms with Crippen LogP contribution in [0.4, 0.5) is 5.69 Å². The molecule has 6 rings (SSSR count). The van der Waals surface area contributed by atoms with Gasteiger partial charge in [-0.3, -0.25) is 14.9 Å². The van der Waals surface area contributed by atoms with Crippen LogP contribution < -0.4 is 8.92 Å². The van der Waals surface area contributed by atoms with E-state index in [9.17, 15) is 23.3 Å². The van der Waals surface area contributed by atoms with Gasteiger partial charge in [-0.1, -0.05) is 41.6 Å². The maximum atomic E-state index is 13.4. The summed E-state index contributed by atoms with van der Waals surface area (Å²) in [5.74, 6) is 0.210. The Balaban J connectivity index is 1.31. The molecule has 1 aliphatic heterocycles. The number of hydrogen-bond acceptors (Lipinski definition) is 10. The highest BCUT2D eigenvalue weighted by molar-refractivity contribution is 7.84. The minimum Gasteiger partial charge on any atom is -0.466 e. The number of ether oxygens (including phenoxy) is 2. The van der Waals surface area contributed by atoms with Crippen LogP contribution in [0.25, 0.3) is 11.0 Å². The number of nitro benzene ring substituents is 1. The number of carbonyl (C=O) groups excluding carboxylic acids is 1. The Morgan fingerprint density at radius 2 is 1.90 bits per heavy atom. The molecule has 0 amide bonds. The molecule has 1 aromatic heterocycles. The Kier molecular flexibility index (Phi) is 10.6. The molecule has 0 fully saturated rings. The number of hydrogen-bond donors (Lipinski definition) is 0. The van der Waals surface area contributed by atoms with Gasteiger partial charge in [0.25, 0.3) is 0 Å². The molecule has 51 heavy (non-hydrogen) atoms. The average Bonchev–Trinajstić information content (AvgIpc) is 3.52. The molecule has 1 aliphatic rings. The van der Waals surface area contributed by atoms with E-state index in [1.807, 2.05) is 48.9 Å². The predicted octanol–water partition coefficient (Wildman–Crippen LogP) is 7.10. The van der Waals surface area contributed by atoms with Crippen LogP contribution in [0, 0.1) is 24.0 Å². The number of halogens is 1. The number of esters is 1. The molecular weight excluding hydrogens is 698 g/mol. The van der Waals surface area contributed by atoms with E-state index in [2.05, 4.69) is 10.3 Å². The van der Waals surface area contributed by atoms with E-state index in [1.165, 1.54) is 28.6 Å². The molecule has 0 saturated heterocycles. The second-order valence-corrected chi connectivity index (χ2v) is 14.1. The van der Waals surface area contributed by atoms with Crippen LogP contribution in [0.15, 0.2) is 72.8 Å². The predicted molar refractivity (Wildman–Crippen MR) is 190 cm³/mol. The normalized spacial score (nSPS) is 14.4. The number of aromatic nitrogens is 3. The molecule has 1 atom stereocenters. The third kappa shape index (κ3) is 7.67. The molecule has 0 N–H and O–H groups in total. The Morgan fingerprint density at radius 3 is 2.67 bits per heavy atom. The summed E-state index contributed by atoms with van der Waals surface area (Å²) in [4.78, 5) is 23.9. The van der Waals surface area contributed by atoms with Gasteiger partial charge < -0.3 is 13.7 Å². The Bertz CT molecular complexity index is 2220. The lowest BCUT2D eigenvalue weighted by atomic mass is 9.84. The van der Waals surface area contributed by atoms with Crippen LogP contribution in [-0.4, -0.2) is 51.1 Å². The van der Waals surface area contributed by atoms with Crippen LogP contribution in [0.3, 0.4) is 0 Å². The zero-order chi connectivity index (χ0) is 36.3. The largest absolute Gasteiger partial charge is 0.466 e. The number of aryl methyl sites for hydroxylation is 3. The number of nitrogens with zero attached hydrogens (tertiary/aromatic N) is 5. The van der Waals surface area contributed by atoms with E-state index in [0.29, 0.717) is 18.0 Å². The smallest absolute Gasteiger partial charge is 0.385 e. The van der Waals surface area contributed by atoms with Crippen LogP contribution in [0.5, 0.6) is 17.2 Å². The van der Waals surface area contributed by atoms with Crippen molar-refractivity contribution in [3.05, 3.63) is 116 Å². The number of rotatable bonds is 13. The van der Waals surface area contributed by atoms with E-state index in [0.717, 1.165) is 45.3 Å². The summed E-state index contributed by atoms with van der Waals surface area (Å²) in [5.41, 5.74) is 6.04. The highest BCUT2D eigenvalue weighted by atomic mass is 35.5. The first kappa shape index (κ1) is 35.8. The van der Waals surface area contributed by atoms with E-state index in [1.54, 1.807) is 25.1 Å². The second-order valence-electron chi connectivity index (χ2n) is 12.2. The lowest BCUT2D eigenvalue weighted by Gasteiger charge is -2.29. The lowest BCUT2D eigenvalue weighted by Crippen LogP contribution is -2.37. The van der Waals surface area contributed by atoms with Crippen LogP contribution in [-0.2, 0) is 39.5 Å². The van der Waals surface area contributed by atoms with Gasteiger partial charge in [0.05, 0.1) is 23.5 Å². The fraction of sp³-hybridized carbons (Fsp3) is 0.306. The number of alkyl halides is 1. The van der Waals surface area contributed by atoms with Gasteiger partial charge in [-0.25, -0.2) is 4.68 Å². The Labute approximate surface area is 300 Å². The third-order valence-corrected chi connectivity index (χ3v) is 10.4. The van der Waals surface area contributed by atoms with Gasteiger partial charge in [0.2, 0.25) is 5.75 Å². The van der Waals surface area contributed by atoms with Gasteiger partial charge in [-0.15, -0.1) is 16.7 Å². The number of benzene rings is 4. The first-order valence-corrected chi connectivity index (χ1v) is 18.3. The zero-order valence-electron chi connectivity index (χ0n) is 28.2. The quantitative estimate of drug-likeness (QED) is 0.0529. The fourth-order valence-electron chi connectivity index (χ4n) is 6.21. The van der Waals surface area contributed by atoms with Crippen LogP contribution in [0.1, 0.15) is 59.1 Å². The number of nitro groups is 1. The molecule has 5 aromatic rings. The molecule has 4 aromatic carbocycles. The lowest BCUT2D eigenvalue weighted by molar-refractivity contribution is -0.385.